The minimum Gasteiger partial charge on any atom is -0.453 e. The molecule has 0 spiro atoms. The van der Waals surface area contributed by atoms with Gasteiger partial charge in [0.15, 0.2) is 17.2 Å². The Morgan fingerprint density at radius 3 is 2.65 bits per heavy atom. The van der Waals surface area contributed by atoms with E-state index in [2.05, 4.69) is 47.1 Å². The number of anilines is 5. The Labute approximate surface area is 232 Å². The van der Waals surface area contributed by atoms with Gasteiger partial charge < -0.3 is 30.3 Å². The second-order valence-electron chi connectivity index (χ2n) is 9.28. The van der Waals surface area contributed by atoms with Crippen LogP contribution >= 0.6 is 11.6 Å². The molecule has 16 heteroatoms. The van der Waals surface area contributed by atoms with Gasteiger partial charge in [0.2, 0.25) is 5.95 Å². The fraction of sp³-hybridized carbons (Fsp3) is 0.417. The van der Waals surface area contributed by atoms with Gasteiger partial charge in [0.05, 0.1) is 49.4 Å². The highest BCUT2D eigenvalue weighted by molar-refractivity contribution is 6.36. The van der Waals surface area contributed by atoms with E-state index in [0.29, 0.717) is 35.1 Å². The molecule has 3 aromatic rings. The lowest BCUT2D eigenvalue weighted by Gasteiger charge is -2.37. The van der Waals surface area contributed by atoms with Crippen molar-refractivity contribution >= 4 is 58.3 Å². The van der Waals surface area contributed by atoms with Crippen molar-refractivity contribution in [1.82, 2.24) is 24.9 Å². The van der Waals surface area contributed by atoms with Crippen molar-refractivity contribution in [3.63, 3.8) is 0 Å². The molecule has 1 aliphatic heterocycles. The van der Waals surface area contributed by atoms with E-state index in [1.165, 1.54) is 24.9 Å². The number of nitriles is 1. The highest BCUT2D eigenvalue weighted by Gasteiger charge is 2.32. The minimum atomic E-state index is -1.41. The zero-order valence-electron chi connectivity index (χ0n) is 21.6. The van der Waals surface area contributed by atoms with Crippen molar-refractivity contribution in [2.24, 2.45) is 0 Å². The van der Waals surface area contributed by atoms with Crippen LogP contribution in [0.1, 0.15) is 25.0 Å². The first-order valence-electron chi connectivity index (χ1n) is 12.4. The fourth-order valence-corrected chi connectivity index (χ4v) is 4.59. The number of methoxy groups -OCH3 is 2. The summed E-state index contributed by atoms with van der Waals surface area (Å²) in [5.41, 5.74) is 1.67. The van der Waals surface area contributed by atoms with E-state index in [4.69, 9.17) is 16.3 Å². The number of imidazole rings is 1. The van der Waals surface area contributed by atoms with E-state index in [1.54, 1.807) is 17.0 Å². The summed E-state index contributed by atoms with van der Waals surface area (Å²) in [4.78, 5) is 34.1. The number of hydrogen-bond donors (Lipinski definition) is 4. The molecule has 4 N–H and O–H groups in total. The van der Waals surface area contributed by atoms with Gasteiger partial charge >= 0.3 is 12.2 Å². The third kappa shape index (κ3) is 5.71. The first-order valence-corrected chi connectivity index (χ1v) is 12.8. The van der Waals surface area contributed by atoms with Gasteiger partial charge in [-0.3, -0.25) is 5.32 Å². The lowest BCUT2D eigenvalue weighted by atomic mass is 10.0. The topological polar surface area (TPSA) is 171 Å². The zero-order valence-corrected chi connectivity index (χ0v) is 22.3. The molecule has 2 aliphatic rings. The molecule has 40 heavy (non-hydrogen) atoms. The quantitative estimate of drug-likeness (QED) is 0.327. The molecule has 210 valence electrons. The number of piperidine rings is 1. The van der Waals surface area contributed by atoms with Crippen LogP contribution in [0.3, 0.4) is 0 Å². The van der Waals surface area contributed by atoms with Crippen LogP contribution in [0.15, 0.2) is 18.3 Å². The molecule has 2 atom stereocenters. The molecular weight excluding hydrogens is 547 g/mol. The first-order chi connectivity index (χ1) is 19.3. The highest BCUT2D eigenvalue weighted by atomic mass is 35.5. The second-order valence-corrected chi connectivity index (χ2v) is 9.66. The largest absolute Gasteiger partial charge is 0.453 e. The number of alkyl halides is 1. The van der Waals surface area contributed by atoms with Gasteiger partial charge in [-0.05, 0) is 31.4 Å². The van der Waals surface area contributed by atoms with Crippen molar-refractivity contribution in [2.45, 2.75) is 37.5 Å². The third-order valence-corrected chi connectivity index (χ3v) is 6.89. The van der Waals surface area contributed by atoms with Crippen LogP contribution in [0, 0.1) is 11.3 Å². The predicted octanol–water partition coefficient (Wildman–Crippen LogP) is 3.42. The predicted molar refractivity (Wildman–Crippen MR) is 144 cm³/mol. The third-order valence-electron chi connectivity index (χ3n) is 6.50. The van der Waals surface area contributed by atoms with Crippen LogP contribution in [-0.4, -0.2) is 77.3 Å². The van der Waals surface area contributed by atoms with Crippen molar-refractivity contribution in [3.8, 4) is 6.07 Å². The van der Waals surface area contributed by atoms with Crippen LogP contribution in [0.2, 0.25) is 5.02 Å². The molecule has 5 rings (SSSR count). The van der Waals surface area contributed by atoms with Gasteiger partial charge in [0.25, 0.3) is 0 Å². The summed E-state index contributed by atoms with van der Waals surface area (Å²) in [6.45, 7) is 0.280. The molecular formula is C24H26ClFN10O4. The van der Waals surface area contributed by atoms with Gasteiger partial charge in [-0.25, -0.2) is 19.0 Å². The number of amides is 2. The van der Waals surface area contributed by atoms with E-state index in [0.717, 1.165) is 12.8 Å². The second kappa shape index (κ2) is 11.3. The Morgan fingerprint density at radius 1 is 1.20 bits per heavy atom. The standard InChI is InChI=1S/C24H26ClFN10O4/c1-39-23(37)30-13-7-17(19(25)18(8-13)35-6-5-16(15(26)11-35)32-24(38)40-2)31-22-33-20(29-12-3-4-12)21-28-10-14(9-27)36(21)34-22/h7-8,10,12,15-16H,3-6,11H2,1-2H3,(H,30,37)(H,32,38)(H2,29,31,33,34)/t15-,16+/m0/s1. The number of nitrogens with zero attached hydrogens (tertiary/aromatic N) is 6. The Bertz CT molecular complexity index is 1490. The molecule has 0 radical (unpaired) electrons. The molecule has 1 aliphatic carbocycles. The Kier molecular flexibility index (Phi) is 7.60. The van der Waals surface area contributed by atoms with Crippen LogP contribution < -0.4 is 26.2 Å². The van der Waals surface area contributed by atoms with Gasteiger partial charge in [-0.1, -0.05) is 11.6 Å². The summed E-state index contributed by atoms with van der Waals surface area (Å²) in [7, 11) is 2.44. The average molecular weight is 573 g/mol. The number of fused-ring (bicyclic) bond motifs is 1. The van der Waals surface area contributed by atoms with Crippen LogP contribution in [0.5, 0.6) is 0 Å². The number of aromatic nitrogens is 4. The summed E-state index contributed by atoms with van der Waals surface area (Å²) in [6.07, 6.45) is 0.839. The normalized spacial score (nSPS) is 18.5. The fourth-order valence-electron chi connectivity index (χ4n) is 4.32. The molecule has 2 amide bonds. The number of hydrogen-bond acceptors (Lipinski definition) is 11. The molecule has 0 unspecified atom stereocenters. The number of carbonyl (C=O) groups is 2. The maximum atomic E-state index is 15.0. The first kappa shape index (κ1) is 27.0. The molecule has 1 saturated heterocycles. The lowest BCUT2D eigenvalue weighted by molar-refractivity contribution is 0.150. The molecule has 0 bridgehead atoms. The lowest BCUT2D eigenvalue weighted by Crippen LogP contribution is -2.52. The molecule has 1 saturated carbocycles. The number of benzene rings is 1. The number of halogens is 2. The minimum absolute atomic E-state index is 0.0754. The summed E-state index contributed by atoms with van der Waals surface area (Å²) in [6, 6.07) is 4.73. The SMILES string of the molecule is COC(=O)Nc1cc(Nc2nc(NC3CC3)c3ncc(C#N)n3n2)c(Cl)c(N2CC[C@@H](NC(=O)OC)[C@@H](F)C2)c1. The molecule has 1 aromatic carbocycles. The summed E-state index contributed by atoms with van der Waals surface area (Å²) in [5.74, 6) is 0.555. The number of nitrogens with one attached hydrogen (secondary N) is 4. The smallest absolute Gasteiger partial charge is 0.411 e. The molecule has 3 heterocycles. The summed E-state index contributed by atoms with van der Waals surface area (Å²) in [5, 5.41) is 25.6. The number of ether oxygens (including phenoxy) is 2. The van der Waals surface area contributed by atoms with Crippen molar-refractivity contribution in [3.05, 3.63) is 29.0 Å². The van der Waals surface area contributed by atoms with E-state index >= 15 is 4.39 Å². The number of rotatable bonds is 7. The maximum Gasteiger partial charge on any atom is 0.411 e. The van der Waals surface area contributed by atoms with Crippen LogP contribution in [-0.2, 0) is 9.47 Å². The monoisotopic (exact) mass is 572 g/mol. The van der Waals surface area contributed by atoms with E-state index < -0.39 is 24.4 Å². The van der Waals surface area contributed by atoms with E-state index in [1.807, 2.05) is 0 Å². The molecule has 2 aromatic heterocycles. The van der Waals surface area contributed by atoms with Crippen molar-refractivity contribution < 1.29 is 23.5 Å². The number of carbonyl (C=O) groups excluding carboxylic acids is 2. The van der Waals surface area contributed by atoms with E-state index in [9.17, 15) is 14.9 Å². The Hall–Kier alpha value is -4.58. The molecule has 14 nitrogen and oxygen atoms in total. The Balaban J connectivity index is 1.49. The number of alkyl carbamates (subject to hydrolysis) is 1. The van der Waals surface area contributed by atoms with Crippen molar-refractivity contribution in [2.75, 3.05) is 48.2 Å². The highest BCUT2D eigenvalue weighted by Crippen LogP contribution is 2.39. The van der Waals surface area contributed by atoms with Gasteiger partial charge in [0, 0.05) is 18.3 Å². The average Bonchev–Trinajstić information content (AvgIpc) is 3.66. The summed E-state index contributed by atoms with van der Waals surface area (Å²) < 4.78 is 25.7. The van der Waals surface area contributed by atoms with Crippen LogP contribution in [0.4, 0.5) is 42.8 Å². The Morgan fingerprint density at radius 2 is 1.98 bits per heavy atom. The molecule has 2 fully saturated rings. The van der Waals surface area contributed by atoms with Crippen molar-refractivity contribution in [1.29, 1.82) is 5.26 Å². The van der Waals surface area contributed by atoms with E-state index in [-0.39, 0.29) is 35.7 Å². The van der Waals surface area contributed by atoms with Crippen LogP contribution in [0.25, 0.3) is 5.65 Å². The van der Waals surface area contributed by atoms with Gasteiger partial charge in [-0.2, -0.15) is 14.8 Å². The zero-order chi connectivity index (χ0) is 28.4. The maximum absolute atomic E-state index is 15.0. The van der Waals surface area contributed by atoms with Gasteiger partial charge in [0.1, 0.15) is 12.2 Å². The summed E-state index contributed by atoms with van der Waals surface area (Å²) >= 11 is 6.81. The van der Waals surface area contributed by atoms with Gasteiger partial charge in [-0.15, -0.1) is 5.10 Å².